The van der Waals surface area contributed by atoms with Crippen LogP contribution in [-0.2, 0) is 10.0 Å². The first kappa shape index (κ1) is 22.8. The van der Waals surface area contributed by atoms with Crippen molar-refractivity contribution in [3.63, 3.8) is 0 Å². The molecule has 1 aliphatic heterocycles. The number of anilines is 2. The summed E-state index contributed by atoms with van der Waals surface area (Å²) in [5, 5.41) is 2.86. The van der Waals surface area contributed by atoms with E-state index in [4.69, 9.17) is 0 Å². The van der Waals surface area contributed by atoms with Gasteiger partial charge in [0.1, 0.15) is 0 Å². The smallest absolute Gasteiger partial charge is 0.256 e. The Morgan fingerprint density at radius 1 is 1.13 bits per heavy atom. The Bertz CT molecular complexity index is 1000. The minimum absolute atomic E-state index is 0.142. The molecule has 1 amide bonds. The van der Waals surface area contributed by atoms with Crippen molar-refractivity contribution in [2.75, 3.05) is 29.9 Å². The van der Waals surface area contributed by atoms with Crippen LogP contribution in [0.3, 0.4) is 0 Å². The van der Waals surface area contributed by atoms with Gasteiger partial charge in [0.2, 0.25) is 10.0 Å². The predicted octanol–water partition coefficient (Wildman–Crippen LogP) is 4.72. The minimum Gasteiger partial charge on any atom is -0.369 e. The third-order valence-corrected chi connectivity index (χ3v) is 7.89. The second-order valence-electron chi connectivity index (χ2n) is 7.63. The Balaban J connectivity index is 1.80. The van der Waals surface area contributed by atoms with Crippen molar-refractivity contribution in [2.45, 2.75) is 44.6 Å². The van der Waals surface area contributed by atoms with Crippen LogP contribution in [0.5, 0.6) is 0 Å². The van der Waals surface area contributed by atoms with Crippen molar-refractivity contribution in [2.24, 2.45) is 0 Å². The van der Waals surface area contributed by atoms with Crippen molar-refractivity contribution in [1.29, 1.82) is 0 Å². The van der Waals surface area contributed by atoms with Crippen LogP contribution in [-0.4, -0.2) is 44.3 Å². The Morgan fingerprint density at radius 2 is 1.77 bits per heavy atom. The van der Waals surface area contributed by atoms with Gasteiger partial charge in [0, 0.05) is 41.5 Å². The van der Waals surface area contributed by atoms with E-state index in [1.54, 1.807) is 6.07 Å². The minimum atomic E-state index is -3.58. The van der Waals surface area contributed by atoms with Crippen LogP contribution in [0, 0.1) is 0 Å². The molecule has 2 aromatic rings. The molecule has 0 spiro atoms. The monoisotopic (exact) mass is 493 g/mol. The number of sulfonamides is 1. The van der Waals surface area contributed by atoms with Crippen LogP contribution in [0.25, 0.3) is 0 Å². The number of hydrogen-bond acceptors (Lipinski definition) is 4. The highest BCUT2D eigenvalue weighted by molar-refractivity contribution is 9.10. The Kier molecular flexibility index (Phi) is 7.21. The van der Waals surface area contributed by atoms with Crippen LogP contribution in [0.1, 0.15) is 44.0 Å². The summed E-state index contributed by atoms with van der Waals surface area (Å²) in [5.74, 6) is -0.357. The normalized spacial score (nSPS) is 14.8. The van der Waals surface area contributed by atoms with Crippen molar-refractivity contribution >= 4 is 43.2 Å². The lowest BCUT2D eigenvalue weighted by atomic mass is 10.2. The second-order valence-corrected chi connectivity index (χ2v) is 10.4. The maximum atomic E-state index is 12.9. The summed E-state index contributed by atoms with van der Waals surface area (Å²) in [6.45, 7) is 8.33. The largest absolute Gasteiger partial charge is 0.369 e. The summed E-state index contributed by atoms with van der Waals surface area (Å²) in [6, 6.07) is 12.6. The zero-order chi connectivity index (χ0) is 21.9. The maximum absolute atomic E-state index is 12.9. The van der Waals surface area contributed by atoms with Crippen LogP contribution in [0.2, 0.25) is 0 Å². The molecule has 0 unspecified atom stereocenters. The highest BCUT2D eigenvalue weighted by Crippen LogP contribution is 2.27. The van der Waals surface area contributed by atoms with E-state index in [9.17, 15) is 13.2 Å². The summed E-state index contributed by atoms with van der Waals surface area (Å²) >= 11 is 3.37. The Hall–Kier alpha value is -1.90. The number of rotatable bonds is 7. The molecule has 6 nitrogen and oxygen atoms in total. The van der Waals surface area contributed by atoms with Gasteiger partial charge in [0.25, 0.3) is 5.91 Å². The molecule has 0 atom stereocenters. The number of nitrogens with one attached hydrogen (secondary N) is 1. The fourth-order valence-corrected chi connectivity index (χ4v) is 5.67. The van der Waals surface area contributed by atoms with Crippen LogP contribution < -0.4 is 10.2 Å². The third kappa shape index (κ3) is 4.87. The summed E-state index contributed by atoms with van der Waals surface area (Å²) < 4.78 is 27.7. The summed E-state index contributed by atoms with van der Waals surface area (Å²) in [7, 11) is -3.58. The molecule has 0 saturated carbocycles. The fraction of sp³-hybridized carbons (Fsp3) is 0.409. The zero-order valence-corrected chi connectivity index (χ0v) is 20.0. The van der Waals surface area contributed by atoms with E-state index in [0.717, 1.165) is 25.1 Å². The number of hydrogen-bond donors (Lipinski definition) is 1. The average Bonchev–Trinajstić information content (AvgIpc) is 3.25. The molecule has 3 rings (SSSR count). The summed E-state index contributed by atoms with van der Waals surface area (Å²) in [6.07, 6.45) is 1.73. The fourth-order valence-electron chi connectivity index (χ4n) is 3.70. The topological polar surface area (TPSA) is 69.7 Å². The molecule has 1 N–H and O–H groups in total. The second kappa shape index (κ2) is 9.49. The molecule has 8 heteroatoms. The van der Waals surface area contributed by atoms with Crippen molar-refractivity contribution < 1.29 is 13.2 Å². The molecule has 0 bridgehead atoms. The molecule has 2 aromatic carbocycles. The average molecular weight is 494 g/mol. The zero-order valence-electron chi connectivity index (χ0n) is 17.6. The van der Waals surface area contributed by atoms with E-state index in [2.05, 4.69) is 46.9 Å². The molecule has 1 aliphatic rings. The number of nitrogens with zero attached hydrogens (tertiary/aromatic N) is 2. The first-order valence-corrected chi connectivity index (χ1v) is 12.4. The van der Waals surface area contributed by atoms with Gasteiger partial charge in [-0.2, -0.15) is 4.31 Å². The van der Waals surface area contributed by atoms with Crippen LogP contribution in [0.4, 0.5) is 11.4 Å². The molecule has 162 valence electrons. The van der Waals surface area contributed by atoms with Gasteiger partial charge in [-0.15, -0.1) is 0 Å². The van der Waals surface area contributed by atoms with Crippen LogP contribution in [0.15, 0.2) is 51.8 Å². The third-order valence-electron chi connectivity index (χ3n) is 5.31. The number of halogens is 1. The van der Waals surface area contributed by atoms with Crippen molar-refractivity contribution in [1.82, 2.24) is 4.31 Å². The van der Waals surface area contributed by atoms with Gasteiger partial charge in [-0.3, -0.25) is 4.79 Å². The molecule has 30 heavy (non-hydrogen) atoms. The maximum Gasteiger partial charge on any atom is 0.256 e. The molecular formula is C22H28BrN3O3S. The van der Waals surface area contributed by atoms with Gasteiger partial charge in [-0.1, -0.05) is 0 Å². The standard InChI is InChI=1S/C22H28BrN3O3S/c1-4-26(16(2)3)18-9-7-17(8-10-18)24-22(27)20-15-19(11-12-21(20)23)30(28,29)25-13-5-6-14-25/h7-12,15-16H,4-6,13-14H2,1-3H3,(H,24,27). The number of benzene rings is 2. The van der Waals surface area contributed by atoms with Crippen LogP contribution >= 0.6 is 15.9 Å². The van der Waals surface area contributed by atoms with Gasteiger partial charge in [-0.25, -0.2) is 8.42 Å². The van der Waals surface area contributed by atoms with Gasteiger partial charge in [0.05, 0.1) is 10.5 Å². The van der Waals surface area contributed by atoms with Gasteiger partial charge in [0.15, 0.2) is 0 Å². The lowest BCUT2D eigenvalue weighted by Gasteiger charge is -2.27. The summed E-state index contributed by atoms with van der Waals surface area (Å²) in [4.78, 5) is 15.3. The molecule has 0 aliphatic carbocycles. The SMILES string of the molecule is CCN(c1ccc(NC(=O)c2cc(S(=O)(=O)N3CCCC3)ccc2Br)cc1)C(C)C. The number of carbonyl (C=O) groups is 1. The Labute approximate surface area is 187 Å². The lowest BCUT2D eigenvalue weighted by Crippen LogP contribution is -2.30. The first-order chi connectivity index (χ1) is 14.2. The molecule has 0 aromatic heterocycles. The quantitative estimate of drug-likeness (QED) is 0.605. The van der Waals surface area contributed by atoms with E-state index in [1.165, 1.54) is 16.4 Å². The van der Waals surface area contributed by atoms with E-state index >= 15 is 0 Å². The lowest BCUT2D eigenvalue weighted by molar-refractivity contribution is 0.102. The van der Waals surface area contributed by atoms with Crippen molar-refractivity contribution in [3.05, 3.63) is 52.5 Å². The highest BCUT2D eigenvalue weighted by Gasteiger charge is 2.28. The van der Waals surface area contributed by atoms with Crippen molar-refractivity contribution in [3.8, 4) is 0 Å². The molecule has 0 radical (unpaired) electrons. The van der Waals surface area contributed by atoms with Gasteiger partial charge < -0.3 is 10.2 Å². The molecule has 1 fully saturated rings. The predicted molar refractivity (Wildman–Crippen MR) is 125 cm³/mol. The Morgan fingerprint density at radius 3 is 2.33 bits per heavy atom. The highest BCUT2D eigenvalue weighted by atomic mass is 79.9. The molecule has 1 saturated heterocycles. The first-order valence-electron chi connectivity index (χ1n) is 10.2. The van der Waals surface area contributed by atoms with E-state index in [0.29, 0.717) is 29.3 Å². The molecular weight excluding hydrogens is 466 g/mol. The van der Waals surface area contributed by atoms with Gasteiger partial charge in [-0.05, 0) is 92.0 Å². The van der Waals surface area contributed by atoms with Gasteiger partial charge >= 0.3 is 0 Å². The summed E-state index contributed by atoms with van der Waals surface area (Å²) in [5.41, 5.74) is 2.03. The van der Waals surface area contributed by atoms with E-state index in [-0.39, 0.29) is 16.4 Å². The van der Waals surface area contributed by atoms with E-state index in [1.807, 2.05) is 24.3 Å². The number of amides is 1. The number of carbonyl (C=O) groups excluding carboxylic acids is 1. The molecule has 1 heterocycles. The van der Waals surface area contributed by atoms with E-state index < -0.39 is 10.0 Å².